The SMILES string of the molecule is CCc1ccccc1NC(=O)CN(C)C(=O)c1sc2nc(C)cc(C)c2c1-n1cccc1. The number of thiophene rings is 1. The van der Waals surface area contributed by atoms with Crippen molar-refractivity contribution in [1.82, 2.24) is 14.5 Å². The van der Waals surface area contributed by atoms with Gasteiger partial charge in [0.2, 0.25) is 5.91 Å². The van der Waals surface area contributed by atoms with E-state index in [2.05, 4.69) is 10.3 Å². The summed E-state index contributed by atoms with van der Waals surface area (Å²) >= 11 is 1.37. The Balaban J connectivity index is 1.64. The van der Waals surface area contributed by atoms with Crippen molar-refractivity contribution in [2.24, 2.45) is 0 Å². The van der Waals surface area contributed by atoms with E-state index in [0.29, 0.717) is 4.88 Å². The Bertz CT molecular complexity index is 1290. The van der Waals surface area contributed by atoms with Gasteiger partial charge >= 0.3 is 0 Å². The van der Waals surface area contributed by atoms with Crippen LogP contribution in [0.5, 0.6) is 0 Å². The van der Waals surface area contributed by atoms with Gasteiger partial charge in [0.25, 0.3) is 5.91 Å². The van der Waals surface area contributed by atoms with E-state index in [-0.39, 0.29) is 18.4 Å². The Morgan fingerprint density at radius 1 is 1.12 bits per heavy atom. The number of aromatic nitrogens is 2. The lowest BCUT2D eigenvalue weighted by Gasteiger charge is -2.18. The summed E-state index contributed by atoms with van der Waals surface area (Å²) in [5, 5.41) is 3.90. The highest BCUT2D eigenvalue weighted by atomic mass is 32.1. The van der Waals surface area contributed by atoms with Crippen LogP contribution in [0.4, 0.5) is 5.69 Å². The number of hydrogen-bond donors (Lipinski definition) is 1. The second kappa shape index (κ2) is 8.96. The minimum atomic E-state index is -0.226. The fraction of sp³-hybridized carbons (Fsp3) is 0.240. The average Bonchev–Trinajstić information content (AvgIpc) is 3.41. The molecule has 6 nitrogen and oxygen atoms in total. The zero-order chi connectivity index (χ0) is 22.8. The molecular formula is C25H26N4O2S. The first-order chi connectivity index (χ1) is 15.4. The van der Waals surface area contributed by atoms with Crippen LogP contribution in [0, 0.1) is 13.8 Å². The maximum atomic E-state index is 13.5. The molecule has 0 bridgehead atoms. The minimum absolute atomic E-state index is 0.0400. The minimum Gasteiger partial charge on any atom is -0.332 e. The van der Waals surface area contributed by atoms with Crippen molar-refractivity contribution in [3.63, 3.8) is 0 Å². The van der Waals surface area contributed by atoms with E-state index in [4.69, 9.17) is 0 Å². The smallest absolute Gasteiger partial charge is 0.266 e. The molecule has 4 aromatic rings. The van der Waals surface area contributed by atoms with E-state index in [1.54, 1.807) is 7.05 Å². The van der Waals surface area contributed by atoms with Crippen molar-refractivity contribution in [1.29, 1.82) is 0 Å². The Hall–Kier alpha value is -3.45. The summed E-state index contributed by atoms with van der Waals surface area (Å²) in [6.07, 6.45) is 4.66. The number of pyridine rings is 1. The third-order valence-corrected chi connectivity index (χ3v) is 6.48. The summed E-state index contributed by atoms with van der Waals surface area (Å²) in [5.74, 6) is -0.428. The van der Waals surface area contributed by atoms with Crippen LogP contribution in [0.2, 0.25) is 0 Å². The van der Waals surface area contributed by atoms with Gasteiger partial charge in [0.15, 0.2) is 0 Å². The van der Waals surface area contributed by atoms with Gasteiger partial charge in [-0.2, -0.15) is 0 Å². The first-order valence-corrected chi connectivity index (χ1v) is 11.4. The van der Waals surface area contributed by atoms with Crippen molar-refractivity contribution in [3.05, 3.63) is 76.6 Å². The molecule has 0 radical (unpaired) electrons. The number of para-hydroxylation sites is 1. The van der Waals surface area contributed by atoms with E-state index < -0.39 is 0 Å². The Morgan fingerprint density at radius 2 is 1.84 bits per heavy atom. The Labute approximate surface area is 191 Å². The molecule has 0 spiro atoms. The topological polar surface area (TPSA) is 67.2 Å². The lowest BCUT2D eigenvalue weighted by atomic mass is 10.1. The third-order valence-electron chi connectivity index (χ3n) is 5.42. The largest absolute Gasteiger partial charge is 0.332 e. The normalized spacial score (nSPS) is 11.0. The second-order valence-corrected chi connectivity index (χ2v) is 8.85. The van der Waals surface area contributed by atoms with E-state index in [9.17, 15) is 9.59 Å². The highest BCUT2D eigenvalue weighted by Gasteiger charge is 2.25. The summed E-state index contributed by atoms with van der Waals surface area (Å²) < 4.78 is 1.95. The maximum Gasteiger partial charge on any atom is 0.266 e. The zero-order valence-electron chi connectivity index (χ0n) is 18.7. The highest BCUT2D eigenvalue weighted by molar-refractivity contribution is 7.21. The Kier molecular flexibility index (Phi) is 6.10. The second-order valence-electron chi connectivity index (χ2n) is 7.85. The van der Waals surface area contributed by atoms with Gasteiger partial charge in [0.05, 0.1) is 12.2 Å². The lowest BCUT2D eigenvalue weighted by molar-refractivity contribution is -0.116. The summed E-state index contributed by atoms with van der Waals surface area (Å²) in [7, 11) is 1.66. The molecule has 0 saturated carbocycles. The molecule has 0 fully saturated rings. The molecule has 4 rings (SSSR count). The number of carbonyl (C=O) groups is 2. The fourth-order valence-corrected chi connectivity index (χ4v) is 5.19. The van der Waals surface area contributed by atoms with Crippen molar-refractivity contribution in [2.75, 3.05) is 18.9 Å². The van der Waals surface area contributed by atoms with Crippen LogP contribution in [0.15, 0.2) is 54.9 Å². The number of carbonyl (C=O) groups excluding carboxylic acids is 2. The Morgan fingerprint density at radius 3 is 2.56 bits per heavy atom. The lowest BCUT2D eigenvalue weighted by Crippen LogP contribution is -2.35. The van der Waals surface area contributed by atoms with Gasteiger partial charge in [-0.25, -0.2) is 4.98 Å². The first-order valence-electron chi connectivity index (χ1n) is 10.6. The molecule has 0 atom stereocenters. The number of amides is 2. The molecule has 1 aromatic carbocycles. The van der Waals surface area contributed by atoms with Gasteiger partial charge in [-0.1, -0.05) is 25.1 Å². The number of likely N-dealkylation sites (N-methyl/N-ethyl adjacent to an activating group) is 1. The monoisotopic (exact) mass is 446 g/mol. The molecule has 3 heterocycles. The summed E-state index contributed by atoms with van der Waals surface area (Å²) in [6.45, 7) is 5.99. The van der Waals surface area contributed by atoms with E-state index >= 15 is 0 Å². The molecule has 2 amide bonds. The van der Waals surface area contributed by atoms with Gasteiger partial charge in [-0.05, 0) is 55.7 Å². The van der Waals surface area contributed by atoms with E-state index in [1.165, 1.54) is 16.2 Å². The first kappa shape index (κ1) is 21.8. The highest BCUT2D eigenvalue weighted by Crippen LogP contribution is 2.36. The van der Waals surface area contributed by atoms with Crippen LogP contribution in [0.1, 0.15) is 33.4 Å². The van der Waals surface area contributed by atoms with Gasteiger partial charge < -0.3 is 14.8 Å². The molecule has 0 saturated heterocycles. The van der Waals surface area contributed by atoms with Crippen LogP contribution in [-0.2, 0) is 11.2 Å². The summed E-state index contributed by atoms with van der Waals surface area (Å²) in [4.78, 5) is 33.7. The van der Waals surface area contributed by atoms with Crippen LogP contribution >= 0.6 is 11.3 Å². The van der Waals surface area contributed by atoms with Crippen molar-refractivity contribution in [3.8, 4) is 5.69 Å². The number of anilines is 1. The van der Waals surface area contributed by atoms with E-state index in [1.807, 2.05) is 80.2 Å². The molecular weight excluding hydrogens is 420 g/mol. The maximum absolute atomic E-state index is 13.5. The number of rotatable bonds is 6. The quantitative estimate of drug-likeness (QED) is 0.454. The molecule has 3 aromatic heterocycles. The third kappa shape index (κ3) is 4.16. The van der Waals surface area contributed by atoms with Crippen molar-refractivity contribution in [2.45, 2.75) is 27.2 Å². The van der Waals surface area contributed by atoms with Crippen LogP contribution in [0.3, 0.4) is 0 Å². The number of nitrogens with one attached hydrogen (secondary N) is 1. The molecule has 1 N–H and O–H groups in total. The molecule has 0 aliphatic carbocycles. The predicted octanol–water partition coefficient (Wildman–Crippen LogP) is 4.98. The number of fused-ring (bicyclic) bond motifs is 1. The van der Waals surface area contributed by atoms with Crippen LogP contribution in [-0.4, -0.2) is 39.9 Å². The summed E-state index contributed by atoms with van der Waals surface area (Å²) in [5.41, 5.74) is 4.64. The van der Waals surface area contributed by atoms with Crippen LogP contribution in [0.25, 0.3) is 15.9 Å². The van der Waals surface area contributed by atoms with Crippen LogP contribution < -0.4 is 5.32 Å². The fourth-order valence-electron chi connectivity index (χ4n) is 3.90. The molecule has 0 aliphatic heterocycles. The average molecular weight is 447 g/mol. The number of hydrogen-bond acceptors (Lipinski definition) is 4. The number of aryl methyl sites for hydroxylation is 3. The van der Waals surface area contributed by atoms with Crippen molar-refractivity contribution < 1.29 is 9.59 Å². The molecule has 0 unspecified atom stereocenters. The van der Waals surface area contributed by atoms with Gasteiger partial charge in [-0.3, -0.25) is 9.59 Å². The standard InChI is InChI=1S/C25H26N4O2S/c1-5-18-10-6-7-11-19(18)27-20(30)15-28(4)25(31)23-22(29-12-8-9-13-29)21-16(2)14-17(3)26-24(21)32-23/h6-14H,5,15H2,1-4H3,(H,27,30). The summed E-state index contributed by atoms with van der Waals surface area (Å²) in [6, 6.07) is 13.6. The van der Waals surface area contributed by atoms with Gasteiger partial charge in [0, 0.05) is 36.2 Å². The van der Waals surface area contributed by atoms with Crippen molar-refractivity contribution >= 4 is 39.1 Å². The molecule has 164 valence electrons. The zero-order valence-corrected chi connectivity index (χ0v) is 19.5. The van der Waals surface area contributed by atoms with Gasteiger partial charge in [-0.15, -0.1) is 11.3 Å². The number of nitrogens with zero attached hydrogens (tertiary/aromatic N) is 3. The molecule has 32 heavy (non-hydrogen) atoms. The van der Waals surface area contributed by atoms with Gasteiger partial charge in [0.1, 0.15) is 9.71 Å². The molecule has 0 aliphatic rings. The molecule has 7 heteroatoms. The van der Waals surface area contributed by atoms with E-state index in [0.717, 1.165) is 44.8 Å². The number of benzene rings is 1. The predicted molar refractivity (Wildman–Crippen MR) is 130 cm³/mol.